The average Bonchev–Trinajstić information content (AvgIpc) is 3.26. The number of nitrogens with one attached hydrogen (secondary N) is 2. The third-order valence-corrected chi connectivity index (χ3v) is 7.47. The number of ether oxygens (including phenoxy) is 1. The van der Waals surface area contributed by atoms with Gasteiger partial charge >= 0.3 is 5.97 Å². The smallest absolute Gasteiger partial charge is 0.341 e. The van der Waals surface area contributed by atoms with E-state index in [0.717, 1.165) is 58.9 Å². The zero-order valence-corrected chi connectivity index (χ0v) is 20.6. The number of hydrogen-bond acceptors (Lipinski definition) is 5. The molecule has 0 radical (unpaired) electrons. The van der Waals surface area contributed by atoms with Crippen LogP contribution in [0.4, 0.5) is 10.7 Å². The van der Waals surface area contributed by atoms with E-state index in [2.05, 4.69) is 15.7 Å². The van der Waals surface area contributed by atoms with E-state index in [-0.39, 0.29) is 5.97 Å². The first-order valence-electron chi connectivity index (χ1n) is 10.5. The van der Waals surface area contributed by atoms with Crippen molar-refractivity contribution < 1.29 is 9.53 Å². The van der Waals surface area contributed by atoms with E-state index in [9.17, 15) is 4.79 Å². The Morgan fingerprint density at radius 1 is 1.25 bits per heavy atom. The number of thiocarbonyl (C=S) groups is 1. The summed E-state index contributed by atoms with van der Waals surface area (Å²) in [6.07, 6.45) is 4.10. The lowest BCUT2D eigenvalue weighted by Gasteiger charge is -2.13. The fourth-order valence-corrected chi connectivity index (χ4v) is 5.79. The number of rotatable bonds is 5. The number of hydrogen-bond donors (Lipinski definition) is 2. The number of benzene rings is 1. The molecule has 1 aromatic carbocycles. The molecule has 3 aromatic rings. The molecule has 0 spiro atoms. The monoisotopic (exact) mass is 488 g/mol. The molecular formula is C23H25ClN4O2S2. The second-order valence-electron chi connectivity index (χ2n) is 7.78. The highest BCUT2D eigenvalue weighted by Gasteiger charge is 2.26. The van der Waals surface area contributed by atoms with Crippen molar-refractivity contribution in [3.8, 4) is 0 Å². The summed E-state index contributed by atoms with van der Waals surface area (Å²) in [6, 6.07) is 7.74. The molecule has 0 saturated heterocycles. The zero-order chi connectivity index (χ0) is 22.8. The Balaban J connectivity index is 1.54. The van der Waals surface area contributed by atoms with Crippen molar-refractivity contribution in [3.05, 3.63) is 62.2 Å². The van der Waals surface area contributed by atoms with Crippen molar-refractivity contribution in [2.75, 3.05) is 17.7 Å². The third kappa shape index (κ3) is 4.53. The topological polar surface area (TPSA) is 68.2 Å². The number of esters is 1. The van der Waals surface area contributed by atoms with Crippen molar-refractivity contribution >= 4 is 56.9 Å². The molecule has 0 unspecified atom stereocenters. The highest BCUT2D eigenvalue weighted by molar-refractivity contribution is 7.80. The largest absolute Gasteiger partial charge is 0.465 e. The molecular weight excluding hydrogens is 464 g/mol. The number of fused-ring (bicyclic) bond motifs is 1. The summed E-state index contributed by atoms with van der Waals surface area (Å²) in [7, 11) is 1.41. The maximum atomic E-state index is 12.5. The van der Waals surface area contributed by atoms with E-state index in [0.29, 0.717) is 22.2 Å². The normalized spacial score (nSPS) is 12.9. The Morgan fingerprint density at radius 3 is 2.75 bits per heavy atom. The lowest BCUT2D eigenvalue weighted by molar-refractivity contribution is 0.0601. The molecule has 2 aromatic heterocycles. The van der Waals surface area contributed by atoms with Crippen LogP contribution in [0.5, 0.6) is 0 Å². The predicted molar refractivity (Wildman–Crippen MR) is 134 cm³/mol. The van der Waals surface area contributed by atoms with Crippen molar-refractivity contribution in [2.24, 2.45) is 0 Å². The van der Waals surface area contributed by atoms with Gasteiger partial charge in [-0.2, -0.15) is 5.10 Å². The lowest BCUT2D eigenvalue weighted by Crippen LogP contribution is -2.21. The van der Waals surface area contributed by atoms with Crippen LogP contribution in [0, 0.1) is 13.8 Å². The van der Waals surface area contributed by atoms with E-state index in [1.54, 1.807) is 11.3 Å². The third-order valence-electron chi connectivity index (χ3n) is 5.69. The van der Waals surface area contributed by atoms with E-state index in [1.165, 1.54) is 12.0 Å². The van der Waals surface area contributed by atoms with Gasteiger partial charge in [0.1, 0.15) is 5.00 Å². The van der Waals surface area contributed by atoms with Gasteiger partial charge in [-0.15, -0.1) is 11.3 Å². The standard InChI is InChI=1S/C23H25ClN4O2S2/c1-13-20(14(2)28(27-13)12-15-8-4-6-10-17(15)24)25-23(31)26-21-19(22(29)30-3)16-9-5-7-11-18(16)32-21/h4,6,8,10H,5,7,9,11-12H2,1-3H3,(H2,25,26,31). The molecule has 0 fully saturated rings. The summed E-state index contributed by atoms with van der Waals surface area (Å²) in [5, 5.41) is 13.0. The summed E-state index contributed by atoms with van der Waals surface area (Å²) < 4.78 is 6.96. The summed E-state index contributed by atoms with van der Waals surface area (Å²) in [4.78, 5) is 13.7. The number of thiophene rings is 1. The number of carbonyl (C=O) groups is 1. The van der Waals surface area contributed by atoms with Crippen LogP contribution in [0.25, 0.3) is 0 Å². The van der Waals surface area contributed by atoms with Gasteiger partial charge < -0.3 is 15.4 Å². The highest BCUT2D eigenvalue weighted by atomic mass is 35.5. The van der Waals surface area contributed by atoms with Gasteiger partial charge in [-0.25, -0.2) is 4.79 Å². The summed E-state index contributed by atoms with van der Waals surface area (Å²) in [5.41, 5.74) is 5.33. The Bertz CT molecular complexity index is 1190. The van der Waals surface area contributed by atoms with Crippen molar-refractivity contribution in [2.45, 2.75) is 46.1 Å². The number of anilines is 2. The number of nitrogens with zero attached hydrogens (tertiary/aromatic N) is 2. The molecule has 32 heavy (non-hydrogen) atoms. The van der Waals surface area contributed by atoms with Crippen LogP contribution in [0.2, 0.25) is 5.02 Å². The summed E-state index contributed by atoms with van der Waals surface area (Å²) in [5.74, 6) is -0.324. The number of aromatic nitrogens is 2. The van der Waals surface area contributed by atoms with Gasteiger partial charge in [0.15, 0.2) is 5.11 Å². The van der Waals surface area contributed by atoms with Crippen LogP contribution in [0.1, 0.15) is 50.6 Å². The van der Waals surface area contributed by atoms with Crippen LogP contribution in [-0.4, -0.2) is 28.0 Å². The van der Waals surface area contributed by atoms with Gasteiger partial charge in [0.05, 0.1) is 36.3 Å². The maximum absolute atomic E-state index is 12.5. The van der Waals surface area contributed by atoms with Crippen LogP contribution in [0.3, 0.4) is 0 Å². The van der Waals surface area contributed by atoms with Gasteiger partial charge in [0.2, 0.25) is 0 Å². The van der Waals surface area contributed by atoms with E-state index < -0.39 is 0 Å². The number of halogens is 1. The molecule has 0 amide bonds. The fourth-order valence-electron chi connectivity index (χ4n) is 4.04. The molecule has 0 aliphatic heterocycles. The van der Waals surface area contributed by atoms with Crippen LogP contribution >= 0.6 is 35.2 Å². The molecule has 2 heterocycles. The van der Waals surface area contributed by atoms with E-state index in [1.807, 2.05) is 42.8 Å². The first kappa shape index (κ1) is 22.8. The molecule has 0 saturated carbocycles. The molecule has 9 heteroatoms. The quantitative estimate of drug-likeness (QED) is 0.352. The van der Waals surface area contributed by atoms with Crippen LogP contribution in [-0.2, 0) is 24.1 Å². The number of methoxy groups -OCH3 is 1. The van der Waals surface area contributed by atoms with E-state index >= 15 is 0 Å². The predicted octanol–water partition coefficient (Wildman–Crippen LogP) is 5.74. The first-order valence-corrected chi connectivity index (χ1v) is 12.1. The van der Waals surface area contributed by atoms with E-state index in [4.69, 9.17) is 28.6 Å². The Morgan fingerprint density at radius 2 is 2.00 bits per heavy atom. The summed E-state index contributed by atoms with van der Waals surface area (Å²) in [6.45, 7) is 4.49. The van der Waals surface area contributed by atoms with Gasteiger partial charge in [0, 0.05) is 9.90 Å². The second-order valence-corrected chi connectivity index (χ2v) is 9.70. The minimum absolute atomic E-state index is 0.324. The van der Waals surface area contributed by atoms with Crippen LogP contribution < -0.4 is 10.6 Å². The average molecular weight is 489 g/mol. The molecule has 1 aliphatic rings. The Kier molecular flexibility index (Phi) is 6.83. The molecule has 2 N–H and O–H groups in total. The number of carbonyl (C=O) groups excluding carboxylic acids is 1. The molecule has 0 atom stereocenters. The zero-order valence-electron chi connectivity index (χ0n) is 18.3. The molecule has 4 rings (SSSR count). The number of aryl methyl sites for hydroxylation is 2. The van der Waals surface area contributed by atoms with Crippen molar-refractivity contribution in [1.29, 1.82) is 0 Å². The highest BCUT2D eigenvalue weighted by Crippen LogP contribution is 2.38. The van der Waals surface area contributed by atoms with Gasteiger partial charge in [0.25, 0.3) is 0 Å². The van der Waals surface area contributed by atoms with Crippen LogP contribution in [0.15, 0.2) is 24.3 Å². The lowest BCUT2D eigenvalue weighted by atomic mass is 9.95. The fraction of sp³-hybridized carbons (Fsp3) is 0.348. The van der Waals surface area contributed by atoms with Gasteiger partial charge in [-0.1, -0.05) is 29.8 Å². The maximum Gasteiger partial charge on any atom is 0.341 e. The molecule has 1 aliphatic carbocycles. The molecule has 0 bridgehead atoms. The van der Waals surface area contributed by atoms with Gasteiger partial charge in [-0.05, 0) is 68.9 Å². The first-order chi connectivity index (χ1) is 15.4. The minimum atomic E-state index is -0.324. The molecule has 6 nitrogen and oxygen atoms in total. The van der Waals surface area contributed by atoms with Crippen molar-refractivity contribution in [1.82, 2.24) is 9.78 Å². The SMILES string of the molecule is COC(=O)c1c(NC(=S)Nc2c(C)nn(Cc3ccccc3Cl)c2C)sc2c1CCCC2. The second kappa shape index (κ2) is 9.60. The molecule has 168 valence electrons. The Hall–Kier alpha value is -2.42. The van der Waals surface area contributed by atoms with Gasteiger partial charge in [-0.3, -0.25) is 4.68 Å². The summed E-state index contributed by atoms with van der Waals surface area (Å²) >= 11 is 13.5. The Labute approximate surface area is 201 Å². The minimum Gasteiger partial charge on any atom is -0.465 e. The van der Waals surface area contributed by atoms with Crippen molar-refractivity contribution in [3.63, 3.8) is 0 Å².